The molecule has 0 amide bonds. The van der Waals surface area contributed by atoms with E-state index in [0.717, 1.165) is 20.7 Å². The molecule has 0 saturated heterocycles. The lowest BCUT2D eigenvalue weighted by molar-refractivity contribution is 0.600. The largest absolute Gasteiger partial charge is 0.276 e. The number of halogens is 3. The van der Waals surface area contributed by atoms with Gasteiger partial charge in [-0.15, -0.1) is 11.3 Å². The molecule has 0 aliphatic heterocycles. The van der Waals surface area contributed by atoms with E-state index < -0.39 is 15.8 Å². The summed E-state index contributed by atoms with van der Waals surface area (Å²) in [5, 5.41) is -0.135. The molecule has 0 fully saturated rings. The van der Waals surface area contributed by atoms with Crippen molar-refractivity contribution in [1.29, 1.82) is 0 Å². The first kappa shape index (κ1) is 14.8. The maximum atomic E-state index is 13.7. The summed E-state index contributed by atoms with van der Waals surface area (Å²) >= 11 is 9.92. The molecule has 1 aromatic carbocycles. The Morgan fingerprint density at radius 1 is 1.42 bits per heavy atom. The van der Waals surface area contributed by atoms with Gasteiger partial charge in [0.1, 0.15) is 4.21 Å². The number of hydrogen-bond acceptors (Lipinski definition) is 3. The zero-order valence-electron chi connectivity index (χ0n) is 9.58. The third-order valence-corrected chi connectivity index (χ3v) is 6.56. The number of benzene rings is 1. The summed E-state index contributed by atoms with van der Waals surface area (Å²) in [5.74, 6) is -0.792. The Kier molecular flexibility index (Phi) is 4.20. The Balaban J connectivity index is 2.39. The number of nitrogens with one attached hydrogen (secondary N) is 1. The highest BCUT2D eigenvalue weighted by Gasteiger charge is 2.20. The molecule has 0 saturated carbocycles. The predicted molar refractivity (Wildman–Crippen MR) is 79.0 cm³/mol. The van der Waals surface area contributed by atoms with Crippen LogP contribution in [0.25, 0.3) is 0 Å². The van der Waals surface area contributed by atoms with Crippen LogP contribution < -0.4 is 4.72 Å². The highest BCUT2D eigenvalue weighted by Crippen LogP contribution is 2.32. The van der Waals surface area contributed by atoms with Crippen LogP contribution >= 0.6 is 38.9 Å². The van der Waals surface area contributed by atoms with E-state index in [9.17, 15) is 12.8 Å². The van der Waals surface area contributed by atoms with Gasteiger partial charge in [-0.25, -0.2) is 12.8 Å². The van der Waals surface area contributed by atoms with E-state index in [0.29, 0.717) is 0 Å². The summed E-state index contributed by atoms with van der Waals surface area (Å²) in [6, 6.07) is 5.65. The first-order chi connectivity index (χ1) is 8.81. The quantitative estimate of drug-likeness (QED) is 0.852. The lowest BCUT2D eigenvalue weighted by atomic mass is 10.3. The maximum absolute atomic E-state index is 13.7. The fraction of sp³-hybridized carbons (Fsp3) is 0.0909. The van der Waals surface area contributed by atoms with Gasteiger partial charge in [0.05, 0.1) is 14.5 Å². The van der Waals surface area contributed by atoms with Crippen molar-refractivity contribution in [2.24, 2.45) is 0 Å². The van der Waals surface area contributed by atoms with Gasteiger partial charge in [0, 0.05) is 0 Å². The van der Waals surface area contributed by atoms with Crippen molar-refractivity contribution in [3.05, 3.63) is 44.5 Å². The van der Waals surface area contributed by atoms with Crippen molar-refractivity contribution in [3.63, 3.8) is 0 Å². The number of thiophene rings is 1. The number of hydrogen-bond donors (Lipinski definition) is 1. The number of anilines is 1. The third kappa shape index (κ3) is 3.10. The zero-order valence-corrected chi connectivity index (χ0v) is 13.6. The van der Waals surface area contributed by atoms with Gasteiger partial charge in [-0.05, 0) is 46.6 Å². The van der Waals surface area contributed by atoms with Crippen molar-refractivity contribution in [2.75, 3.05) is 4.72 Å². The molecule has 8 heteroatoms. The van der Waals surface area contributed by atoms with Gasteiger partial charge >= 0.3 is 0 Å². The molecule has 0 spiro atoms. The Morgan fingerprint density at radius 3 is 2.68 bits per heavy atom. The van der Waals surface area contributed by atoms with Crippen LogP contribution in [0.5, 0.6) is 0 Å². The smallest absolute Gasteiger partial charge is 0.271 e. The lowest BCUT2D eigenvalue weighted by Crippen LogP contribution is -2.12. The second kappa shape index (κ2) is 5.40. The minimum Gasteiger partial charge on any atom is -0.276 e. The monoisotopic (exact) mass is 383 g/mol. The molecule has 3 nitrogen and oxygen atoms in total. The summed E-state index contributed by atoms with van der Waals surface area (Å²) < 4.78 is 40.9. The van der Waals surface area contributed by atoms with E-state index in [-0.39, 0.29) is 14.9 Å². The summed E-state index contributed by atoms with van der Waals surface area (Å²) in [7, 11) is -3.81. The van der Waals surface area contributed by atoms with Crippen molar-refractivity contribution >= 4 is 54.6 Å². The zero-order chi connectivity index (χ0) is 14.2. The van der Waals surface area contributed by atoms with Gasteiger partial charge < -0.3 is 0 Å². The highest BCUT2D eigenvalue weighted by atomic mass is 79.9. The minimum atomic E-state index is -3.81. The molecule has 2 aromatic rings. The van der Waals surface area contributed by atoms with Crippen LogP contribution in [0.1, 0.15) is 5.56 Å². The second-order valence-corrected chi connectivity index (χ2v) is 8.42. The molecule has 1 aromatic heterocycles. The van der Waals surface area contributed by atoms with Gasteiger partial charge in [0.25, 0.3) is 10.0 Å². The van der Waals surface area contributed by atoms with E-state index in [1.807, 2.05) is 0 Å². The molecule has 0 radical (unpaired) electrons. The van der Waals surface area contributed by atoms with Crippen LogP contribution in [0.4, 0.5) is 10.1 Å². The molecular formula is C11H8BrClFNO2S2. The number of rotatable bonds is 3. The molecule has 1 heterocycles. The van der Waals surface area contributed by atoms with Crippen LogP contribution in [0.2, 0.25) is 5.02 Å². The Hall–Kier alpha value is -0.630. The van der Waals surface area contributed by atoms with E-state index in [4.69, 9.17) is 11.6 Å². The van der Waals surface area contributed by atoms with Crippen LogP contribution in [-0.2, 0) is 10.0 Å². The Morgan fingerprint density at radius 2 is 2.11 bits per heavy atom. The fourth-order valence-corrected chi connectivity index (χ4v) is 4.80. The predicted octanol–water partition coefficient (Wildman–Crippen LogP) is 4.41. The number of sulfonamides is 1. The Bertz CT molecular complexity index is 711. The summed E-state index contributed by atoms with van der Waals surface area (Å²) in [4.78, 5) is 0. The normalized spacial score (nSPS) is 11.6. The minimum absolute atomic E-state index is 0.108. The van der Waals surface area contributed by atoms with E-state index in [1.165, 1.54) is 24.3 Å². The number of aryl methyl sites for hydroxylation is 1. The van der Waals surface area contributed by atoms with Crippen molar-refractivity contribution in [3.8, 4) is 0 Å². The van der Waals surface area contributed by atoms with Gasteiger partial charge in [-0.2, -0.15) is 0 Å². The van der Waals surface area contributed by atoms with E-state index in [2.05, 4.69) is 20.7 Å². The molecule has 1 N–H and O–H groups in total. The molecule has 0 aliphatic rings. The van der Waals surface area contributed by atoms with Crippen LogP contribution in [0.3, 0.4) is 0 Å². The van der Waals surface area contributed by atoms with Crippen LogP contribution in [-0.4, -0.2) is 8.42 Å². The maximum Gasteiger partial charge on any atom is 0.271 e. The average molecular weight is 385 g/mol. The SMILES string of the molecule is Cc1cc(S(=O)(=O)Nc2cccc(Cl)c2F)sc1Br. The topological polar surface area (TPSA) is 46.2 Å². The molecule has 2 rings (SSSR count). The molecule has 19 heavy (non-hydrogen) atoms. The van der Waals surface area contributed by atoms with E-state index in [1.54, 1.807) is 6.92 Å². The van der Waals surface area contributed by atoms with Gasteiger partial charge in [-0.3, -0.25) is 4.72 Å². The standard InChI is InChI=1S/C11H8BrClFNO2S2/c1-6-5-9(18-11(6)12)19(16,17)15-8-4-2-3-7(13)10(8)14/h2-5,15H,1H3. The van der Waals surface area contributed by atoms with E-state index >= 15 is 0 Å². The second-order valence-electron chi connectivity index (χ2n) is 3.73. The van der Waals surface area contributed by atoms with Gasteiger partial charge in [0.15, 0.2) is 5.82 Å². The first-order valence-corrected chi connectivity index (χ1v) is 8.51. The summed E-state index contributed by atoms with van der Waals surface area (Å²) in [6.45, 7) is 1.78. The third-order valence-electron chi connectivity index (χ3n) is 2.30. The van der Waals surface area contributed by atoms with Gasteiger partial charge in [-0.1, -0.05) is 17.7 Å². The Labute approximate surface area is 127 Å². The average Bonchev–Trinajstić information content (AvgIpc) is 2.66. The first-order valence-electron chi connectivity index (χ1n) is 5.04. The highest BCUT2D eigenvalue weighted by molar-refractivity contribution is 9.11. The van der Waals surface area contributed by atoms with Crippen LogP contribution in [0, 0.1) is 12.7 Å². The molecule has 0 bridgehead atoms. The molecule has 102 valence electrons. The lowest BCUT2D eigenvalue weighted by Gasteiger charge is -2.07. The van der Waals surface area contributed by atoms with Gasteiger partial charge in [0.2, 0.25) is 0 Å². The van der Waals surface area contributed by atoms with Crippen molar-refractivity contribution < 1.29 is 12.8 Å². The van der Waals surface area contributed by atoms with Crippen molar-refractivity contribution in [1.82, 2.24) is 0 Å². The fourth-order valence-electron chi connectivity index (χ4n) is 1.34. The summed E-state index contributed by atoms with van der Waals surface area (Å²) in [5.41, 5.74) is 0.631. The van der Waals surface area contributed by atoms with Crippen molar-refractivity contribution in [2.45, 2.75) is 11.1 Å². The molecule has 0 unspecified atom stereocenters. The summed E-state index contributed by atoms with van der Waals surface area (Å²) in [6.07, 6.45) is 0. The molecule has 0 atom stereocenters. The van der Waals surface area contributed by atoms with Crippen LogP contribution in [0.15, 0.2) is 32.3 Å². The molecule has 0 aliphatic carbocycles. The molecular weight excluding hydrogens is 377 g/mol.